The molecule has 0 saturated heterocycles. The van der Waals surface area contributed by atoms with E-state index in [1.54, 1.807) is 11.6 Å². The van der Waals surface area contributed by atoms with Crippen molar-refractivity contribution in [1.29, 1.82) is 0 Å². The Bertz CT molecular complexity index is 715. The summed E-state index contributed by atoms with van der Waals surface area (Å²) >= 11 is 0. The molecule has 116 valence electrons. The maximum absolute atomic E-state index is 12.3. The van der Waals surface area contributed by atoms with E-state index >= 15 is 0 Å². The molecule has 0 spiro atoms. The average molecular weight is 296 g/mol. The molecule has 3 nitrogen and oxygen atoms in total. The van der Waals surface area contributed by atoms with Gasteiger partial charge in [0, 0.05) is 36.3 Å². The number of rotatable bonds is 3. The van der Waals surface area contributed by atoms with Crippen LogP contribution in [0.2, 0.25) is 0 Å². The monoisotopic (exact) mass is 296 g/mol. The van der Waals surface area contributed by atoms with Crippen molar-refractivity contribution in [2.45, 2.75) is 39.5 Å². The highest BCUT2D eigenvalue weighted by Crippen LogP contribution is 2.32. The SMILES string of the molecule is Cc1cc(-c2ccc(C[C@H]3CC[C@H](C)C3)nc2)c(=O)n(C)c1. The molecule has 1 aliphatic rings. The van der Waals surface area contributed by atoms with Crippen LogP contribution in [0.3, 0.4) is 0 Å². The van der Waals surface area contributed by atoms with Gasteiger partial charge in [-0.1, -0.05) is 19.4 Å². The maximum atomic E-state index is 12.3. The Hall–Kier alpha value is -1.90. The number of pyridine rings is 2. The van der Waals surface area contributed by atoms with E-state index in [0.29, 0.717) is 0 Å². The van der Waals surface area contributed by atoms with Gasteiger partial charge in [0.25, 0.3) is 5.56 Å². The predicted molar refractivity (Wildman–Crippen MR) is 89.9 cm³/mol. The number of aromatic nitrogens is 2. The summed E-state index contributed by atoms with van der Waals surface area (Å²) < 4.78 is 1.64. The van der Waals surface area contributed by atoms with Gasteiger partial charge in [0.15, 0.2) is 0 Å². The van der Waals surface area contributed by atoms with Gasteiger partial charge in [0.2, 0.25) is 0 Å². The summed E-state index contributed by atoms with van der Waals surface area (Å²) in [5, 5.41) is 0. The maximum Gasteiger partial charge on any atom is 0.258 e. The first kappa shape index (κ1) is 15.0. The predicted octanol–water partition coefficient (Wildman–Crippen LogP) is 3.73. The van der Waals surface area contributed by atoms with Crippen LogP contribution in [-0.2, 0) is 13.5 Å². The Morgan fingerprint density at radius 1 is 1.32 bits per heavy atom. The molecule has 0 aromatic carbocycles. The highest BCUT2D eigenvalue weighted by molar-refractivity contribution is 5.62. The quantitative estimate of drug-likeness (QED) is 0.865. The number of nitrogens with zero attached hydrogens (tertiary/aromatic N) is 2. The van der Waals surface area contributed by atoms with E-state index < -0.39 is 0 Å². The molecule has 2 heterocycles. The topological polar surface area (TPSA) is 34.9 Å². The van der Waals surface area contributed by atoms with E-state index in [1.807, 2.05) is 31.5 Å². The van der Waals surface area contributed by atoms with Gasteiger partial charge in [-0.15, -0.1) is 0 Å². The molecule has 3 rings (SSSR count). The second-order valence-corrected chi connectivity index (χ2v) is 6.87. The highest BCUT2D eigenvalue weighted by Gasteiger charge is 2.21. The summed E-state index contributed by atoms with van der Waals surface area (Å²) in [4.78, 5) is 16.9. The van der Waals surface area contributed by atoms with Crippen molar-refractivity contribution in [3.63, 3.8) is 0 Å². The molecule has 0 unspecified atom stereocenters. The van der Waals surface area contributed by atoms with Crippen LogP contribution < -0.4 is 5.56 Å². The molecule has 1 fully saturated rings. The molecule has 2 aromatic heterocycles. The molecule has 3 heteroatoms. The molecule has 2 atom stereocenters. The smallest absolute Gasteiger partial charge is 0.258 e. The van der Waals surface area contributed by atoms with Crippen LogP contribution in [0.15, 0.2) is 35.4 Å². The second kappa shape index (κ2) is 6.07. The molecular weight excluding hydrogens is 272 g/mol. The van der Waals surface area contributed by atoms with Crippen molar-refractivity contribution < 1.29 is 0 Å². The van der Waals surface area contributed by atoms with Crippen molar-refractivity contribution in [3.8, 4) is 11.1 Å². The fourth-order valence-corrected chi connectivity index (χ4v) is 3.60. The number of hydrogen-bond donors (Lipinski definition) is 0. The largest absolute Gasteiger partial charge is 0.318 e. The standard InChI is InChI=1S/C19H24N2O/c1-13-4-5-15(8-13)10-17-7-6-16(11-20-17)18-9-14(2)12-21(3)19(18)22/h6-7,9,11-13,15H,4-5,8,10H2,1-3H3/t13-,15-/m0/s1. The molecule has 0 aliphatic heterocycles. The zero-order valence-corrected chi connectivity index (χ0v) is 13.7. The molecule has 2 aromatic rings. The van der Waals surface area contributed by atoms with Gasteiger partial charge in [-0.05, 0) is 55.7 Å². The lowest BCUT2D eigenvalue weighted by molar-refractivity contribution is 0.508. The Morgan fingerprint density at radius 3 is 2.77 bits per heavy atom. The first-order chi connectivity index (χ1) is 10.5. The normalized spacial score (nSPS) is 21.2. The summed E-state index contributed by atoms with van der Waals surface area (Å²) in [7, 11) is 1.79. The third kappa shape index (κ3) is 3.13. The summed E-state index contributed by atoms with van der Waals surface area (Å²) in [6.45, 7) is 4.34. The lowest BCUT2D eigenvalue weighted by Crippen LogP contribution is -2.18. The lowest BCUT2D eigenvalue weighted by atomic mass is 9.99. The van der Waals surface area contributed by atoms with Crippen LogP contribution in [0, 0.1) is 18.8 Å². The molecule has 0 amide bonds. The zero-order valence-electron chi connectivity index (χ0n) is 13.7. The van der Waals surface area contributed by atoms with Crippen LogP contribution in [-0.4, -0.2) is 9.55 Å². The zero-order chi connectivity index (χ0) is 15.7. The van der Waals surface area contributed by atoms with Gasteiger partial charge in [0.05, 0.1) is 0 Å². The van der Waals surface area contributed by atoms with Crippen LogP contribution in [0.25, 0.3) is 11.1 Å². The third-order valence-corrected chi connectivity index (χ3v) is 4.76. The van der Waals surface area contributed by atoms with Crippen molar-refractivity contribution in [1.82, 2.24) is 9.55 Å². The van der Waals surface area contributed by atoms with Crippen molar-refractivity contribution in [2.24, 2.45) is 18.9 Å². The van der Waals surface area contributed by atoms with E-state index in [9.17, 15) is 4.79 Å². The molecule has 22 heavy (non-hydrogen) atoms. The van der Waals surface area contributed by atoms with Gasteiger partial charge in [0.1, 0.15) is 0 Å². The molecule has 1 saturated carbocycles. The van der Waals surface area contributed by atoms with Gasteiger partial charge in [-0.25, -0.2) is 0 Å². The van der Waals surface area contributed by atoms with Gasteiger partial charge >= 0.3 is 0 Å². The second-order valence-electron chi connectivity index (χ2n) is 6.87. The van der Waals surface area contributed by atoms with Gasteiger partial charge < -0.3 is 4.57 Å². The fraction of sp³-hybridized carbons (Fsp3) is 0.474. The number of hydrogen-bond acceptors (Lipinski definition) is 2. The number of aryl methyl sites for hydroxylation is 2. The summed E-state index contributed by atoms with van der Waals surface area (Å²) in [6, 6.07) is 6.06. The van der Waals surface area contributed by atoms with Crippen LogP contribution in [0.4, 0.5) is 0 Å². The minimum absolute atomic E-state index is 0.0322. The first-order valence-corrected chi connectivity index (χ1v) is 8.15. The first-order valence-electron chi connectivity index (χ1n) is 8.15. The Labute approximate surface area is 132 Å². The van der Waals surface area contributed by atoms with Crippen LogP contribution in [0.1, 0.15) is 37.4 Å². The average Bonchev–Trinajstić information content (AvgIpc) is 2.89. The Kier molecular flexibility index (Phi) is 4.14. The van der Waals surface area contributed by atoms with E-state index in [4.69, 9.17) is 0 Å². The summed E-state index contributed by atoms with van der Waals surface area (Å²) in [5.41, 5.74) is 3.90. The van der Waals surface area contributed by atoms with Crippen molar-refractivity contribution >= 4 is 0 Å². The Balaban J connectivity index is 1.81. The van der Waals surface area contributed by atoms with E-state index in [2.05, 4.69) is 18.0 Å². The molecular formula is C19H24N2O. The fourth-order valence-electron chi connectivity index (χ4n) is 3.60. The van der Waals surface area contributed by atoms with E-state index in [1.165, 1.54) is 19.3 Å². The van der Waals surface area contributed by atoms with Gasteiger partial charge in [-0.2, -0.15) is 0 Å². The minimum atomic E-state index is 0.0322. The third-order valence-electron chi connectivity index (χ3n) is 4.76. The van der Waals surface area contributed by atoms with Crippen LogP contribution in [0.5, 0.6) is 0 Å². The summed E-state index contributed by atoms with van der Waals surface area (Å²) in [5.74, 6) is 1.64. The minimum Gasteiger partial charge on any atom is -0.318 e. The molecule has 1 aliphatic carbocycles. The summed E-state index contributed by atoms with van der Waals surface area (Å²) in [6.07, 6.45) is 8.77. The Morgan fingerprint density at radius 2 is 2.14 bits per heavy atom. The van der Waals surface area contributed by atoms with Crippen molar-refractivity contribution in [3.05, 3.63) is 52.2 Å². The molecule has 0 bridgehead atoms. The van der Waals surface area contributed by atoms with E-state index in [-0.39, 0.29) is 5.56 Å². The van der Waals surface area contributed by atoms with Crippen molar-refractivity contribution in [2.75, 3.05) is 0 Å². The molecule has 0 N–H and O–H groups in total. The highest BCUT2D eigenvalue weighted by atomic mass is 16.1. The lowest BCUT2D eigenvalue weighted by Gasteiger charge is -2.10. The molecule has 0 radical (unpaired) electrons. The van der Waals surface area contributed by atoms with Gasteiger partial charge in [-0.3, -0.25) is 9.78 Å². The van der Waals surface area contributed by atoms with Crippen LogP contribution >= 0.6 is 0 Å². The van der Waals surface area contributed by atoms with E-state index in [0.717, 1.165) is 40.6 Å².